The van der Waals surface area contributed by atoms with Crippen LogP contribution in [0.15, 0.2) is 67.0 Å². The van der Waals surface area contributed by atoms with E-state index in [1.54, 1.807) is 72.5 Å². The summed E-state index contributed by atoms with van der Waals surface area (Å²) in [5.41, 5.74) is 6.45. The molecule has 0 aliphatic rings. The minimum atomic E-state index is -0.606. The van der Waals surface area contributed by atoms with Crippen LogP contribution < -0.4 is 21.1 Å². The van der Waals surface area contributed by atoms with Gasteiger partial charge in [0.05, 0.1) is 0 Å². The number of aromatic nitrogens is 2. The SMILES string of the molecule is C[C@@H](C(=O)Nc1cccc(NC(=O)c2cccc(OCC(N)=O)c2)c1)n1cccn1. The van der Waals surface area contributed by atoms with Crippen LogP contribution in [0.25, 0.3) is 0 Å². The molecule has 9 heteroatoms. The minimum absolute atomic E-state index is 0.235. The Morgan fingerprint density at radius 1 is 1.07 bits per heavy atom. The predicted octanol–water partition coefficient (Wildman–Crippen LogP) is 2.20. The lowest BCUT2D eigenvalue weighted by atomic mass is 10.2. The number of benzene rings is 2. The molecule has 0 aliphatic heterocycles. The summed E-state index contributed by atoms with van der Waals surface area (Å²) in [5.74, 6) is -0.852. The molecule has 1 heterocycles. The van der Waals surface area contributed by atoms with Crippen molar-refractivity contribution >= 4 is 29.1 Å². The molecule has 0 aliphatic carbocycles. The fraction of sp³-hybridized carbons (Fsp3) is 0.143. The maximum atomic E-state index is 12.5. The quantitative estimate of drug-likeness (QED) is 0.527. The first-order chi connectivity index (χ1) is 14.4. The monoisotopic (exact) mass is 407 g/mol. The summed E-state index contributed by atoms with van der Waals surface area (Å²) in [5, 5.41) is 9.63. The largest absolute Gasteiger partial charge is 0.484 e. The molecule has 30 heavy (non-hydrogen) atoms. The van der Waals surface area contributed by atoms with Gasteiger partial charge in [0.2, 0.25) is 5.91 Å². The maximum Gasteiger partial charge on any atom is 0.255 e. The van der Waals surface area contributed by atoms with Gasteiger partial charge in [-0.15, -0.1) is 0 Å². The van der Waals surface area contributed by atoms with Crippen molar-refractivity contribution in [3.63, 3.8) is 0 Å². The van der Waals surface area contributed by atoms with Crippen LogP contribution in [0.1, 0.15) is 23.3 Å². The molecule has 1 atom stereocenters. The average molecular weight is 407 g/mol. The summed E-state index contributed by atoms with van der Waals surface area (Å²) in [4.78, 5) is 35.8. The molecule has 4 N–H and O–H groups in total. The van der Waals surface area contributed by atoms with E-state index in [4.69, 9.17) is 10.5 Å². The summed E-state index contributed by atoms with van der Waals surface area (Å²) in [7, 11) is 0. The van der Waals surface area contributed by atoms with Crippen LogP contribution in [0.2, 0.25) is 0 Å². The molecule has 3 aromatic rings. The summed E-state index contributed by atoms with van der Waals surface area (Å²) in [6, 6.07) is 14.4. The summed E-state index contributed by atoms with van der Waals surface area (Å²) in [6.07, 6.45) is 3.32. The zero-order chi connectivity index (χ0) is 21.5. The van der Waals surface area contributed by atoms with Crippen LogP contribution in [0.5, 0.6) is 5.75 Å². The van der Waals surface area contributed by atoms with Gasteiger partial charge in [0, 0.05) is 29.3 Å². The zero-order valence-electron chi connectivity index (χ0n) is 16.2. The number of primary amides is 1. The summed E-state index contributed by atoms with van der Waals surface area (Å²) >= 11 is 0. The third-order valence-corrected chi connectivity index (χ3v) is 4.17. The lowest BCUT2D eigenvalue weighted by Crippen LogP contribution is -2.24. The number of nitrogens with one attached hydrogen (secondary N) is 2. The van der Waals surface area contributed by atoms with Crippen LogP contribution in [-0.2, 0) is 9.59 Å². The lowest BCUT2D eigenvalue weighted by Gasteiger charge is -2.13. The van der Waals surface area contributed by atoms with E-state index < -0.39 is 11.9 Å². The minimum Gasteiger partial charge on any atom is -0.484 e. The van der Waals surface area contributed by atoms with Gasteiger partial charge in [0.1, 0.15) is 11.8 Å². The van der Waals surface area contributed by atoms with E-state index >= 15 is 0 Å². The van der Waals surface area contributed by atoms with Crippen molar-refractivity contribution in [2.24, 2.45) is 5.73 Å². The number of anilines is 2. The Labute approximate surface area is 172 Å². The number of hydrogen-bond acceptors (Lipinski definition) is 5. The Kier molecular flexibility index (Phi) is 6.43. The normalized spacial score (nSPS) is 11.4. The van der Waals surface area contributed by atoms with Gasteiger partial charge in [0.15, 0.2) is 6.61 Å². The molecule has 0 saturated heterocycles. The van der Waals surface area contributed by atoms with Crippen LogP contribution in [0, 0.1) is 0 Å². The number of rotatable bonds is 8. The number of ether oxygens (including phenoxy) is 1. The Hall–Kier alpha value is -4.14. The first kappa shape index (κ1) is 20.6. The molecule has 9 nitrogen and oxygen atoms in total. The molecular formula is C21H21N5O4. The Morgan fingerprint density at radius 2 is 1.80 bits per heavy atom. The lowest BCUT2D eigenvalue weighted by molar-refractivity contribution is -0.120. The maximum absolute atomic E-state index is 12.5. The molecule has 3 rings (SSSR count). The molecule has 0 radical (unpaired) electrons. The fourth-order valence-corrected chi connectivity index (χ4v) is 2.64. The van der Waals surface area contributed by atoms with E-state index in [2.05, 4.69) is 15.7 Å². The highest BCUT2D eigenvalue weighted by molar-refractivity contribution is 6.05. The highest BCUT2D eigenvalue weighted by Gasteiger charge is 2.15. The van der Waals surface area contributed by atoms with E-state index in [0.717, 1.165) is 0 Å². The van der Waals surface area contributed by atoms with Crippen molar-refractivity contribution in [3.05, 3.63) is 72.6 Å². The van der Waals surface area contributed by atoms with Crippen molar-refractivity contribution in [3.8, 4) is 5.75 Å². The average Bonchev–Trinajstić information content (AvgIpc) is 3.27. The van der Waals surface area contributed by atoms with E-state index in [0.29, 0.717) is 22.7 Å². The molecule has 0 bridgehead atoms. The van der Waals surface area contributed by atoms with Gasteiger partial charge < -0.3 is 21.1 Å². The van der Waals surface area contributed by atoms with Crippen LogP contribution >= 0.6 is 0 Å². The number of nitrogens with two attached hydrogens (primary N) is 1. The van der Waals surface area contributed by atoms with Crippen molar-refractivity contribution in [2.45, 2.75) is 13.0 Å². The van der Waals surface area contributed by atoms with Gasteiger partial charge in [0.25, 0.3) is 11.8 Å². The number of carbonyl (C=O) groups is 3. The Bertz CT molecular complexity index is 1050. The molecule has 3 amide bonds. The molecule has 0 fully saturated rings. The Morgan fingerprint density at radius 3 is 2.50 bits per heavy atom. The zero-order valence-corrected chi connectivity index (χ0v) is 16.2. The predicted molar refractivity (Wildman–Crippen MR) is 111 cm³/mol. The molecule has 0 spiro atoms. The molecule has 0 saturated carbocycles. The Balaban J connectivity index is 1.65. The first-order valence-electron chi connectivity index (χ1n) is 9.15. The van der Waals surface area contributed by atoms with Crippen LogP contribution in [0.4, 0.5) is 11.4 Å². The van der Waals surface area contributed by atoms with Gasteiger partial charge in [-0.2, -0.15) is 5.10 Å². The van der Waals surface area contributed by atoms with E-state index in [1.807, 2.05) is 0 Å². The molecular weight excluding hydrogens is 386 g/mol. The van der Waals surface area contributed by atoms with Crippen LogP contribution in [-0.4, -0.2) is 34.1 Å². The number of amides is 3. The summed E-state index contributed by atoms with van der Waals surface area (Å²) in [6.45, 7) is 1.46. The second-order valence-corrected chi connectivity index (χ2v) is 6.47. The molecule has 0 unspecified atom stereocenters. The topological polar surface area (TPSA) is 128 Å². The van der Waals surface area contributed by atoms with Gasteiger partial charge in [-0.25, -0.2) is 0 Å². The number of hydrogen-bond donors (Lipinski definition) is 3. The highest BCUT2D eigenvalue weighted by Crippen LogP contribution is 2.19. The fourth-order valence-electron chi connectivity index (χ4n) is 2.64. The third-order valence-electron chi connectivity index (χ3n) is 4.17. The van der Waals surface area contributed by atoms with Gasteiger partial charge in [-0.3, -0.25) is 19.1 Å². The standard InChI is InChI=1S/C21H21N5O4/c1-14(26-10-4-9-23-26)20(28)24-16-6-3-7-17(12-16)25-21(29)15-5-2-8-18(11-15)30-13-19(22)27/h2-12,14H,13H2,1H3,(H2,22,27)(H,24,28)(H,25,29)/t14-/m0/s1. The number of carbonyl (C=O) groups excluding carboxylic acids is 3. The van der Waals surface area contributed by atoms with Crippen molar-refractivity contribution in [2.75, 3.05) is 17.2 Å². The van der Waals surface area contributed by atoms with Crippen LogP contribution in [0.3, 0.4) is 0 Å². The second kappa shape index (κ2) is 9.37. The second-order valence-electron chi connectivity index (χ2n) is 6.47. The highest BCUT2D eigenvalue weighted by atomic mass is 16.5. The van der Waals surface area contributed by atoms with Crippen molar-refractivity contribution in [1.82, 2.24) is 9.78 Å². The number of nitrogens with zero attached hydrogens (tertiary/aromatic N) is 2. The molecule has 1 aromatic heterocycles. The molecule has 154 valence electrons. The van der Waals surface area contributed by atoms with E-state index in [-0.39, 0.29) is 18.4 Å². The van der Waals surface area contributed by atoms with E-state index in [1.165, 1.54) is 6.07 Å². The summed E-state index contributed by atoms with van der Waals surface area (Å²) < 4.78 is 6.77. The smallest absolute Gasteiger partial charge is 0.255 e. The van der Waals surface area contributed by atoms with Gasteiger partial charge >= 0.3 is 0 Å². The van der Waals surface area contributed by atoms with Crippen molar-refractivity contribution < 1.29 is 19.1 Å². The molecule has 2 aromatic carbocycles. The van der Waals surface area contributed by atoms with Crippen molar-refractivity contribution in [1.29, 1.82) is 0 Å². The first-order valence-corrected chi connectivity index (χ1v) is 9.15. The third kappa shape index (κ3) is 5.44. The van der Waals surface area contributed by atoms with Gasteiger partial charge in [-0.1, -0.05) is 12.1 Å². The van der Waals surface area contributed by atoms with Gasteiger partial charge in [-0.05, 0) is 49.4 Å². The van der Waals surface area contributed by atoms with E-state index in [9.17, 15) is 14.4 Å².